The Hall–Kier alpha value is -3.30. The molecule has 9 nitrogen and oxygen atoms in total. The molecule has 2 amide bonds. The third-order valence-corrected chi connectivity index (χ3v) is 6.92. The predicted molar refractivity (Wildman–Crippen MR) is 139 cm³/mol. The van der Waals surface area contributed by atoms with E-state index < -0.39 is 5.92 Å². The van der Waals surface area contributed by atoms with Crippen LogP contribution < -0.4 is 24.8 Å². The van der Waals surface area contributed by atoms with Gasteiger partial charge in [0, 0.05) is 44.8 Å². The summed E-state index contributed by atoms with van der Waals surface area (Å²) in [5, 5.41) is 3.14. The van der Waals surface area contributed by atoms with Gasteiger partial charge < -0.3 is 34.2 Å². The predicted octanol–water partition coefficient (Wildman–Crippen LogP) is 2.75. The Kier molecular flexibility index (Phi) is 7.58. The Labute approximate surface area is 211 Å². The minimum Gasteiger partial charge on any atom is -0.492 e. The highest BCUT2D eigenvalue weighted by molar-refractivity contribution is 6.05. The molecule has 0 radical (unpaired) electrons. The molecule has 9 heteroatoms. The molecule has 3 fully saturated rings. The number of para-hydroxylation sites is 2. The average Bonchev–Trinajstić information content (AvgIpc) is 3.32. The number of nitrogens with one attached hydrogen (secondary N) is 1. The van der Waals surface area contributed by atoms with E-state index in [1.165, 1.54) is 0 Å². The maximum atomic E-state index is 13.4. The number of anilines is 4. The molecule has 0 bridgehead atoms. The van der Waals surface area contributed by atoms with Crippen LogP contribution in [0.2, 0.25) is 0 Å². The van der Waals surface area contributed by atoms with Crippen LogP contribution in [-0.2, 0) is 19.1 Å². The molecule has 2 aromatic rings. The van der Waals surface area contributed by atoms with Gasteiger partial charge in [-0.15, -0.1) is 0 Å². The Morgan fingerprint density at radius 1 is 0.972 bits per heavy atom. The second-order valence-corrected chi connectivity index (χ2v) is 9.20. The van der Waals surface area contributed by atoms with Crippen LogP contribution in [0.3, 0.4) is 0 Å². The Balaban J connectivity index is 1.34. The molecule has 0 saturated carbocycles. The number of rotatable bonds is 7. The summed E-state index contributed by atoms with van der Waals surface area (Å²) in [5.41, 5.74) is 3.58. The van der Waals surface area contributed by atoms with Crippen molar-refractivity contribution < 1.29 is 23.8 Å². The molecular formula is C27H34N4O5. The highest BCUT2D eigenvalue weighted by Gasteiger charge is 2.36. The number of ether oxygens (including phenoxy) is 3. The minimum absolute atomic E-state index is 0.0710. The van der Waals surface area contributed by atoms with Gasteiger partial charge in [0.05, 0.1) is 56.0 Å². The van der Waals surface area contributed by atoms with Crippen molar-refractivity contribution in [2.75, 3.05) is 85.8 Å². The van der Waals surface area contributed by atoms with Gasteiger partial charge in [0.25, 0.3) is 0 Å². The third-order valence-electron chi connectivity index (χ3n) is 6.92. The van der Waals surface area contributed by atoms with E-state index in [1.54, 1.807) is 4.90 Å². The van der Waals surface area contributed by atoms with Crippen LogP contribution in [0, 0.1) is 5.92 Å². The highest BCUT2D eigenvalue weighted by atomic mass is 16.5. The Bertz CT molecular complexity index is 1080. The fourth-order valence-electron chi connectivity index (χ4n) is 5.02. The zero-order valence-electron chi connectivity index (χ0n) is 20.8. The molecule has 1 unspecified atom stereocenters. The monoisotopic (exact) mass is 494 g/mol. The zero-order valence-corrected chi connectivity index (χ0v) is 20.8. The van der Waals surface area contributed by atoms with Crippen molar-refractivity contribution in [3.8, 4) is 5.75 Å². The molecule has 0 aliphatic carbocycles. The van der Waals surface area contributed by atoms with Crippen molar-refractivity contribution in [2.24, 2.45) is 5.92 Å². The molecular weight excluding hydrogens is 460 g/mol. The van der Waals surface area contributed by atoms with Gasteiger partial charge in [-0.05, 0) is 37.3 Å². The van der Waals surface area contributed by atoms with Gasteiger partial charge in [-0.3, -0.25) is 9.59 Å². The summed E-state index contributed by atoms with van der Waals surface area (Å²) in [6.45, 7) is 8.69. The summed E-state index contributed by atoms with van der Waals surface area (Å²) in [6, 6.07) is 13.7. The largest absolute Gasteiger partial charge is 0.492 e. The molecule has 0 spiro atoms. The molecule has 5 rings (SSSR count). The third kappa shape index (κ3) is 5.27. The standard InChI is InChI=1S/C27H34N4O5/c1-2-36-25-6-4-3-5-23(25)31-19-20(17-26(31)32)27(33)28-22-8-7-21(29-9-13-34-14-10-29)18-24(22)30-11-15-35-16-12-30/h3-8,18,20H,2,9-17,19H2,1H3,(H,28,33). The summed E-state index contributed by atoms with van der Waals surface area (Å²) < 4.78 is 16.8. The van der Waals surface area contributed by atoms with Crippen LogP contribution in [0.5, 0.6) is 5.75 Å². The topological polar surface area (TPSA) is 83.6 Å². The van der Waals surface area contributed by atoms with Crippen LogP contribution in [0.15, 0.2) is 42.5 Å². The SMILES string of the molecule is CCOc1ccccc1N1CC(C(=O)Nc2ccc(N3CCOCC3)cc2N2CCOCC2)CC1=O. The van der Waals surface area contributed by atoms with E-state index >= 15 is 0 Å². The maximum Gasteiger partial charge on any atom is 0.229 e. The van der Waals surface area contributed by atoms with E-state index in [2.05, 4.69) is 27.2 Å². The number of carbonyl (C=O) groups is 2. The van der Waals surface area contributed by atoms with Gasteiger partial charge in [-0.1, -0.05) is 12.1 Å². The summed E-state index contributed by atoms with van der Waals surface area (Å²) in [6.07, 6.45) is 0.172. The molecule has 3 heterocycles. The van der Waals surface area contributed by atoms with Gasteiger partial charge in [0.1, 0.15) is 5.75 Å². The lowest BCUT2D eigenvalue weighted by molar-refractivity contribution is -0.122. The van der Waals surface area contributed by atoms with Crippen LogP contribution >= 0.6 is 0 Å². The lowest BCUT2D eigenvalue weighted by Crippen LogP contribution is -2.38. The van der Waals surface area contributed by atoms with Gasteiger partial charge in [0.2, 0.25) is 11.8 Å². The van der Waals surface area contributed by atoms with Gasteiger partial charge in [0.15, 0.2) is 0 Å². The van der Waals surface area contributed by atoms with Crippen LogP contribution in [0.1, 0.15) is 13.3 Å². The highest BCUT2D eigenvalue weighted by Crippen LogP contribution is 2.35. The van der Waals surface area contributed by atoms with E-state index in [0.717, 1.165) is 43.2 Å². The fraction of sp³-hybridized carbons (Fsp3) is 0.481. The van der Waals surface area contributed by atoms with E-state index in [-0.39, 0.29) is 18.2 Å². The van der Waals surface area contributed by atoms with Crippen molar-refractivity contribution in [1.82, 2.24) is 0 Å². The summed E-state index contributed by atoms with van der Waals surface area (Å²) in [4.78, 5) is 32.5. The molecule has 3 aliphatic rings. The number of amides is 2. The first kappa shape index (κ1) is 24.4. The number of hydrogen-bond acceptors (Lipinski definition) is 7. The van der Waals surface area contributed by atoms with Gasteiger partial charge in [-0.25, -0.2) is 0 Å². The molecule has 1 N–H and O–H groups in total. The Morgan fingerprint density at radius 3 is 2.39 bits per heavy atom. The summed E-state index contributed by atoms with van der Waals surface area (Å²) in [5.74, 6) is -0.00176. The molecule has 192 valence electrons. The second kappa shape index (κ2) is 11.2. The second-order valence-electron chi connectivity index (χ2n) is 9.20. The first-order valence-electron chi connectivity index (χ1n) is 12.8. The first-order chi connectivity index (χ1) is 17.6. The lowest BCUT2D eigenvalue weighted by Gasteiger charge is -2.33. The van der Waals surface area contributed by atoms with E-state index in [1.807, 2.05) is 37.3 Å². The van der Waals surface area contributed by atoms with E-state index in [0.29, 0.717) is 51.0 Å². The molecule has 1 atom stereocenters. The minimum atomic E-state index is -0.441. The summed E-state index contributed by atoms with van der Waals surface area (Å²) >= 11 is 0. The van der Waals surface area contributed by atoms with Crippen molar-refractivity contribution in [2.45, 2.75) is 13.3 Å². The molecule has 3 saturated heterocycles. The maximum absolute atomic E-state index is 13.4. The van der Waals surface area contributed by atoms with Crippen LogP contribution in [-0.4, -0.2) is 77.6 Å². The van der Waals surface area contributed by atoms with E-state index in [4.69, 9.17) is 14.2 Å². The zero-order chi connectivity index (χ0) is 24.9. The fourth-order valence-corrected chi connectivity index (χ4v) is 5.02. The Morgan fingerprint density at radius 2 is 1.67 bits per heavy atom. The van der Waals surface area contributed by atoms with E-state index in [9.17, 15) is 9.59 Å². The van der Waals surface area contributed by atoms with Gasteiger partial charge >= 0.3 is 0 Å². The number of nitrogens with zero attached hydrogens (tertiary/aromatic N) is 3. The average molecular weight is 495 g/mol. The number of morpholine rings is 2. The number of hydrogen-bond donors (Lipinski definition) is 1. The van der Waals surface area contributed by atoms with Crippen LogP contribution in [0.25, 0.3) is 0 Å². The number of benzene rings is 2. The van der Waals surface area contributed by atoms with Crippen LogP contribution in [0.4, 0.5) is 22.7 Å². The molecule has 36 heavy (non-hydrogen) atoms. The normalized spacial score (nSPS) is 20.5. The van der Waals surface area contributed by atoms with Gasteiger partial charge in [-0.2, -0.15) is 0 Å². The van der Waals surface area contributed by atoms with Crippen molar-refractivity contribution in [1.29, 1.82) is 0 Å². The first-order valence-corrected chi connectivity index (χ1v) is 12.8. The van der Waals surface area contributed by atoms with Crippen molar-refractivity contribution >= 4 is 34.6 Å². The van der Waals surface area contributed by atoms with Crippen molar-refractivity contribution in [3.05, 3.63) is 42.5 Å². The molecule has 2 aromatic carbocycles. The lowest BCUT2D eigenvalue weighted by atomic mass is 10.1. The quantitative estimate of drug-likeness (QED) is 0.634. The molecule has 0 aromatic heterocycles. The molecule has 3 aliphatic heterocycles. The smallest absolute Gasteiger partial charge is 0.229 e. The summed E-state index contributed by atoms with van der Waals surface area (Å²) in [7, 11) is 0. The van der Waals surface area contributed by atoms with Crippen molar-refractivity contribution in [3.63, 3.8) is 0 Å². The number of carbonyl (C=O) groups excluding carboxylic acids is 2.